The van der Waals surface area contributed by atoms with Crippen LogP contribution in [0.15, 0.2) is 57.9 Å². The Balaban J connectivity index is 1.36. The minimum Gasteiger partial charge on any atom is -0.488 e. The second kappa shape index (κ2) is 7.84. The van der Waals surface area contributed by atoms with Crippen LogP contribution in [0.5, 0.6) is 5.75 Å². The van der Waals surface area contributed by atoms with Gasteiger partial charge in [-0.25, -0.2) is 0 Å². The van der Waals surface area contributed by atoms with Crippen molar-refractivity contribution < 1.29 is 14.1 Å². The van der Waals surface area contributed by atoms with E-state index >= 15 is 0 Å². The van der Waals surface area contributed by atoms with Gasteiger partial charge in [-0.05, 0) is 23.8 Å². The molecule has 3 aromatic rings. The lowest BCUT2D eigenvalue weighted by atomic mass is 10.1. The lowest BCUT2D eigenvalue weighted by Gasteiger charge is -2.13. The molecule has 1 N–H and O–H groups in total. The third-order valence-corrected chi connectivity index (χ3v) is 5.33. The van der Waals surface area contributed by atoms with Crippen LogP contribution in [0.25, 0.3) is 0 Å². The van der Waals surface area contributed by atoms with Gasteiger partial charge in [0.2, 0.25) is 5.89 Å². The van der Waals surface area contributed by atoms with Crippen molar-refractivity contribution in [3.8, 4) is 5.75 Å². The molecule has 7 heteroatoms. The van der Waals surface area contributed by atoms with E-state index in [0.29, 0.717) is 29.6 Å². The topological polar surface area (TPSA) is 77.2 Å². The Morgan fingerprint density at radius 1 is 1.22 bits per heavy atom. The van der Waals surface area contributed by atoms with Crippen LogP contribution < -0.4 is 10.1 Å². The van der Waals surface area contributed by atoms with Crippen LogP contribution in [-0.4, -0.2) is 28.7 Å². The van der Waals surface area contributed by atoms with Crippen LogP contribution in [0.4, 0.5) is 0 Å². The second-order valence-corrected chi connectivity index (χ2v) is 7.29. The predicted octanol–water partition coefficient (Wildman–Crippen LogP) is 3.40. The molecular weight excluding hydrogens is 362 g/mol. The van der Waals surface area contributed by atoms with Gasteiger partial charge in [0.25, 0.3) is 5.91 Å². The van der Waals surface area contributed by atoms with E-state index in [2.05, 4.69) is 21.5 Å². The normalized spacial score (nSPS) is 15.2. The van der Waals surface area contributed by atoms with E-state index in [4.69, 9.17) is 9.26 Å². The number of ether oxygens (including phenoxy) is 1. The number of benzene rings is 2. The molecule has 2 heterocycles. The van der Waals surface area contributed by atoms with Crippen molar-refractivity contribution in [2.75, 3.05) is 6.54 Å². The van der Waals surface area contributed by atoms with Crippen molar-refractivity contribution in [1.29, 1.82) is 0 Å². The molecule has 2 aromatic carbocycles. The number of fused-ring (bicyclic) bond motifs is 1. The molecule has 1 aliphatic heterocycles. The highest BCUT2D eigenvalue weighted by atomic mass is 32.2. The third kappa shape index (κ3) is 4.14. The molecule has 0 saturated heterocycles. The molecule has 4 rings (SSSR count). The summed E-state index contributed by atoms with van der Waals surface area (Å²) in [5, 5.41) is 6.88. The van der Waals surface area contributed by atoms with Crippen LogP contribution >= 0.6 is 11.8 Å². The molecule has 0 spiro atoms. The first kappa shape index (κ1) is 17.6. The number of hydrogen-bond donors (Lipinski definition) is 1. The average molecular weight is 381 g/mol. The van der Waals surface area contributed by atoms with Gasteiger partial charge in [-0.1, -0.05) is 35.5 Å². The van der Waals surface area contributed by atoms with Crippen molar-refractivity contribution >= 4 is 17.7 Å². The molecule has 0 radical (unpaired) electrons. The molecule has 1 amide bonds. The Morgan fingerprint density at radius 2 is 2.04 bits per heavy atom. The number of nitrogens with one attached hydrogen (secondary N) is 1. The molecule has 0 fully saturated rings. The van der Waals surface area contributed by atoms with E-state index in [-0.39, 0.29) is 12.0 Å². The summed E-state index contributed by atoms with van der Waals surface area (Å²) in [7, 11) is 0. The monoisotopic (exact) mass is 381 g/mol. The number of thioether (sulfide) groups is 1. The highest BCUT2D eigenvalue weighted by molar-refractivity contribution is 7.98. The Bertz CT molecular complexity index is 932. The van der Waals surface area contributed by atoms with Crippen molar-refractivity contribution in [3.63, 3.8) is 0 Å². The molecule has 1 aliphatic rings. The summed E-state index contributed by atoms with van der Waals surface area (Å²) in [6.45, 7) is 2.22. The Labute approximate surface area is 161 Å². The first-order valence-electron chi connectivity index (χ1n) is 8.73. The molecule has 1 aromatic heterocycles. The largest absolute Gasteiger partial charge is 0.488 e. The molecule has 0 saturated carbocycles. The van der Waals surface area contributed by atoms with E-state index in [0.717, 1.165) is 17.1 Å². The van der Waals surface area contributed by atoms with Gasteiger partial charge >= 0.3 is 0 Å². The van der Waals surface area contributed by atoms with Gasteiger partial charge < -0.3 is 14.6 Å². The summed E-state index contributed by atoms with van der Waals surface area (Å²) in [5.41, 5.74) is 1.82. The zero-order chi connectivity index (χ0) is 18.6. The fourth-order valence-corrected chi connectivity index (χ4v) is 3.88. The van der Waals surface area contributed by atoms with E-state index in [1.165, 1.54) is 17.3 Å². The first-order chi connectivity index (χ1) is 13.2. The van der Waals surface area contributed by atoms with Crippen LogP contribution in [0.2, 0.25) is 0 Å². The first-order valence-corrected chi connectivity index (χ1v) is 9.71. The maximum absolute atomic E-state index is 12.7. The molecular formula is C20H19N3O3S. The number of aromatic nitrogens is 2. The Kier molecular flexibility index (Phi) is 5.11. The fraction of sp³-hybridized carbons (Fsp3) is 0.250. The zero-order valence-electron chi connectivity index (χ0n) is 14.8. The minimum atomic E-state index is -0.109. The maximum atomic E-state index is 12.7. The molecule has 6 nitrogen and oxygen atoms in total. The minimum absolute atomic E-state index is 0.0338. The van der Waals surface area contributed by atoms with Gasteiger partial charge in [0.05, 0.1) is 17.9 Å². The number of carbonyl (C=O) groups excluding carboxylic acids is 1. The number of nitrogens with zero attached hydrogens (tertiary/aromatic N) is 2. The van der Waals surface area contributed by atoms with Gasteiger partial charge in [-0.15, -0.1) is 11.8 Å². The van der Waals surface area contributed by atoms with Crippen molar-refractivity contribution in [2.45, 2.75) is 30.1 Å². The predicted molar refractivity (Wildman–Crippen MR) is 102 cm³/mol. The highest BCUT2D eigenvalue weighted by Crippen LogP contribution is 2.28. The number of hydrogen-bond acceptors (Lipinski definition) is 6. The smallest absolute Gasteiger partial charge is 0.252 e. The van der Waals surface area contributed by atoms with Gasteiger partial charge in [0, 0.05) is 18.2 Å². The van der Waals surface area contributed by atoms with Crippen LogP contribution in [0, 0.1) is 6.92 Å². The van der Waals surface area contributed by atoms with E-state index in [9.17, 15) is 4.79 Å². The van der Waals surface area contributed by atoms with Gasteiger partial charge in [-0.2, -0.15) is 4.98 Å². The summed E-state index contributed by atoms with van der Waals surface area (Å²) in [6.07, 6.45) is 0.776. The second-order valence-electron chi connectivity index (χ2n) is 6.28. The van der Waals surface area contributed by atoms with Crippen LogP contribution in [-0.2, 0) is 12.2 Å². The number of aryl methyl sites for hydroxylation is 1. The third-order valence-electron chi connectivity index (χ3n) is 4.26. The number of amides is 1. The van der Waals surface area contributed by atoms with E-state index < -0.39 is 0 Å². The van der Waals surface area contributed by atoms with Crippen LogP contribution in [0.3, 0.4) is 0 Å². The molecule has 0 aliphatic carbocycles. The summed E-state index contributed by atoms with van der Waals surface area (Å²) >= 11 is 1.51. The molecule has 1 atom stereocenters. The van der Waals surface area contributed by atoms with Gasteiger partial charge in [0.1, 0.15) is 11.9 Å². The number of carbonyl (C=O) groups is 1. The average Bonchev–Trinajstić information content (AvgIpc) is 3.30. The Morgan fingerprint density at radius 3 is 2.85 bits per heavy atom. The standard InChI is InChI=1S/C20H19N3O3S/c1-13-22-19(23-26-13)12-27-18-9-5-3-7-16(18)20(24)21-11-15-10-14-6-2-4-8-17(14)25-15/h2-9,15H,10-12H2,1H3,(H,21,24). The highest BCUT2D eigenvalue weighted by Gasteiger charge is 2.23. The lowest BCUT2D eigenvalue weighted by molar-refractivity contribution is 0.0930. The Hall–Kier alpha value is -2.80. The van der Waals surface area contributed by atoms with Crippen LogP contribution in [0.1, 0.15) is 27.6 Å². The SMILES string of the molecule is Cc1nc(CSc2ccccc2C(=O)NCC2Cc3ccccc3O2)no1. The van der Waals surface area contributed by atoms with Crippen molar-refractivity contribution in [1.82, 2.24) is 15.5 Å². The molecule has 27 heavy (non-hydrogen) atoms. The van der Waals surface area contributed by atoms with Gasteiger partial charge in [0.15, 0.2) is 5.82 Å². The summed E-state index contributed by atoms with van der Waals surface area (Å²) < 4.78 is 10.9. The summed E-state index contributed by atoms with van der Waals surface area (Å²) in [5.74, 6) is 2.49. The lowest BCUT2D eigenvalue weighted by Crippen LogP contribution is -2.34. The fourth-order valence-electron chi connectivity index (χ4n) is 2.99. The molecule has 0 bridgehead atoms. The maximum Gasteiger partial charge on any atom is 0.252 e. The quantitative estimate of drug-likeness (QED) is 0.660. The number of rotatable bonds is 6. The van der Waals surface area contributed by atoms with Crippen molar-refractivity contribution in [3.05, 3.63) is 71.4 Å². The molecule has 138 valence electrons. The van der Waals surface area contributed by atoms with E-state index in [1.807, 2.05) is 42.5 Å². The van der Waals surface area contributed by atoms with Gasteiger partial charge in [-0.3, -0.25) is 4.79 Å². The molecule has 1 unspecified atom stereocenters. The van der Waals surface area contributed by atoms with E-state index in [1.54, 1.807) is 6.92 Å². The number of para-hydroxylation sites is 1. The summed E-state index contributed by atoms with van der Waals surface area (Å²) in [6, 6.07) is 15.5. The van der Waals surface area contributed by atoms with Crippen molar-refractivity contribution in [2.24, 2.45) is 0 Å². The summed E-state index contributed by atoms with van der Waals surface area (Å²) in [4.78, 5) is 17.8. The zero-order valence-corrected chi connectivity index (χ0v) is 15.7.